The monoisotopic (exact) mass is 180 g/mol. The molecule has 0 rings (SSSR count). The van der Waals surface area contributed by atoms with Crippen LogP contribution in [0.5, 0.6) is 0 Å². The third kappa shape index (κ3) is 5.52. The topological polar surface area (TPSA) is 3.24 Å². The molecule has 10 heavy (non-hydrogen) atoms. The van der Waals surface area contributed by atoms with Crippen molar-refractivity contribution in [2.75, 3.05) is 18.8 Å². The molecule has 62 valence electrons. The molecule has 0 aliphatic rings. The van der Waals surface area contributed by atoms with Crippen molar-refractivity contribution in [3.8, 4) is 0 Å². The molecule has 0 aromatic carbocycles. The minimum Gasteiger partial charge on any atom is -0.174 e. The van der Waals surface area contributed by atoms with Crippen LogP contribution >= 0.6 is 19.3 Å². The summed E-state index contributed by atoms with van der Waals surface area (Å²) in [5, 5.41) is 0. The van der Waals surface area contributed by atoms with Gasteiger partial charge in [-0.05, 0) is 20.3 Å². The van der Waals surface area contributed by atoms with Crippen LogP contribution in [0.25, 0.3) is 0 Å². The fourth-order valence-electron chi connectivity index (χ4n) is 0.649. The van der Waals surface area contributed by atoms with E-state index >= 15 is 0 Å². The molecule has 0 aromatic heterocycles. The molecule has 1 atom stereocenters. The maximum atomic E-state index is 2.53. The molecule has 0 spiro atoms. The molecule has 1 unspecified atom stereocenters. The third-order valence-electron chi connectivity index (χ3n) is 1.36. The first-order valence-electron chi connectivity index (χ1n) is 4.04. The first kappa shape index (κ1) is 10.7. The SMILES string of the molecule is CCCS[PH2+]N(CC)CC. The summed E-state index contributed by atoms with van der Waals surface area (Å²) >= 11 is 2.12. The Hall–Kier alpha value is 0.740. The maximum Gasteiger partial charge on any atom is 0.116 e. The Morgan fingerprint density at radius 3 is 2.20 bits per heavy atom. The van der Waals surface area contributed by atoms with Crippen molar-refractivity contribution in [1.29, 1.82) is 0 Å². The Morgan fingerprint density at radius 2 is 1.80 bits per heavy atom. The zero-order valence-electron chi connectivity index (χ0n) is 7.26. The lowest BCUT2D eigenvalue weighted by Crippen LogP contribution is -2.10. The largest absolute Gasteiger partial charge is 0.174 e. The van der Waals surface area contributed by atoms with E-state index in [1.165, 1.54) is 25.3 Å². The Balaban J connectivity index is 3.09. The standard InChI is InChI=1S/C7H18NPS/c1-4-7-10-9-8(5-2)6-3/h9H,4-7H2,1-3H3/p+1. The number of hydrogen-bond donors (Lipinski definition) is 0. The van der Waals surface area contributed by atoms with E-state index < -0.39 is 0 Å². The molecule has 0 saturated heterocycles. The minimum atomic E-state index is 0.522. The number of nitrogens with zero attached hydrogens (tertiary/aromatic N) is 1. The molecule has 0 amide bonds. The molecular weight excluding hydrogens is 161 g/mol. The van der Waals surface area contributed by atoms with Crippen molar-refractivity contribution in [2.24, 2.45) is 0 Å². The van der Waals surface area contributed by atoms with Gasteiger partial charge in [0.05, 0.1) is 0 Å². The van der Waals surface area contributed by atoms with Crippen LogP contribution in [-0.4, -0.2) is 23.5 Å². The van der Waals surface area contributed by atoms with Crippen molar-refractivity contribution in [2.45, 2.75) is 27.2 Å². The molecule has 0 bridgehead atoms. The van der Waals surface area contributed by atoms with Gasteiger partial charge < -0.3 is 0 Å². The predicted molar refractivity (Wildman–Crippen MR) is 55.4 cm³/mol. The van der Waals surface area contributed by atoms with Crippen LogP contribution in [0.3, 0.4) is 0 Å². The van der Waals surface area contributed by atoms with Crippen molar-refractivity contribution < 1.29 is 0 Å². The Bertz CT molecular complexity index is 66.6. The summed E-state index contributed by atoms with van der Waals surface area (Å²) in [5.41, 5.74) is 0. The molecule has 0 aliphatic heterocycles. The van der Waals surface area contributed by atoms with Gasteiger partial charge in [0.2, 0.25) is 0 Å². The summed E-state index contributed by atoms with van der Waals surface area (Å²) in [7, 11) is 0.522. The van der Waals surface area contributed by atoms with Crippen molar-refractivity contribution in [3.63, 3.8) is 0 Å². The first-order valence-corrected chi connectivity index (χ1v) is 7.02. The van der Waals surface area contributed by atoms with E-state index in [0.717, 1.165) is 0 Å². The van der Waals surface area contributed by atoms with Gasteiger partial charge in [0.25, 0.3) is 0 Å². The fraction of sp³-hybridized carbons (Fsp3) is 1.00. The van der Waals surface area contributed by atoms with Crippen LogP contribution < -0.4 is 0 Å². The van der Waals surface area contributed by atoms with Gasteiger partial charge in [-0.25, -0.2) is 0 Å². The molecule has 0 heterocycles. The molecule has 0 saturated carbocycles. The van der Waals surface area contributed by atoms with Gasteiger partial charge in [-0.3, -0.25) is 0 Å². The highest BCUT2D eigenvalue weighted by Gasteiger charge is 2.04. The quantitative estimate of drug-likeness (QED) is 0.457. The van der Waals surface area contributed by atoms with Gasteiger partial charge in [0.15, 0.2) is 0 Å². The van der Waals surface area contributed by atoms with Gasteiger partial charge in [-0.15, -0.1) is 0 Å². The van der Waals surface area contributed by atoms with E-state index in [9.17, 15) is 0 Å². The number of rotatable bonds is 6. The first-order chi connectivity index (χ1) is 4.85. The lowest BCUT2D eigenvalue weighted by molar-refractivity contribution is 0.522. The Morgan fingerprint density at radius 1 is 1.20 bits per heavy atom. The molecular formula is C7H19NPS+. The van der Waals surface area contributed by atoms with Gasteiger partial charge >= 0.3 is 0 Å². The van der Waals surface area contributed by atoms with Gasteiger partial charge in [-0.1, -0.05) is 6.92 Å². The Labute approximate surface area is 70.5 Å². The normalized spacial score (nSPS) is 12.0. The summed E-state index contributed by atoms with van der Waals surface area (Å²) in [4.78, 5) is 0. The smallest absolute Gasteiger partial charge is 0.116 e. The van der Waals surface area contributed by atoms with Crippen LogP contribution in [0.1, 0.15) is 27.2 Å². The van der Waals surface area contributed by atoms with Gasteiger partial charge in [-0.2, -0.15) is 4.67 Å². The summed E-state index contributed by atoms with van der Waals surface area (Å²) in [6.07, 6.45) is 1.32. The maximum absolute atomic E-state index is 2.53. The van der Waals surface area contributed by atoms with Crippen LogP contribution in [0.15, 0.2) is 0 Å². The van der Waals surface area contributed by atoms with E-state index in [0.29, 0.717) is 7.93 Å². The lowest BCUT2D eigenvalue weighted by atomic mass is 10.6. The predicted octanol–water partition coefficient (Wildman–Crippen LogP) is 2.71. The highest BCUT2D eigenvalue weighted by Crippen LogP contribution is 2.33. The van der Waals surface area contributed by atoms with Crippen molar-refractivity contribution >= 4 is 19.3 Å². The van der Waals surface area contributed by atoms with Gasteiger partial charge in [0, 0.05) is 30.2 Å². The van der Waals surface area contributed by atoms with Crippen LogP contribution in [-0.2, 0) is 0 Å². The molecule has 0 aliphatic carbocycles. The highest BCUT2D eigenvalue weighted by atomic mass is 32.7. The Kier molecular flexibility index (Phi) is 8.42. The molecule has 1 nitrogen and oxygen atoms in total. The average molecular weight is 180 g/mol. The van der Waals surface area contributed by atoms with E-state index in [-0.39, 0.29) is 0 Å². The van der Waals surface area contributed by atoms with Crippen LogP contribution in [0.2, 0.25) is 0 Å². The molecule has 0 radical (unpaired) electrons. The summed E-state index contributed by atoms with van der Waals surface area (Å²) in [5.74, 6) is 1.34. The molecule has 0 fully saturated rings. The van der Waals surface area contributed by atoms with Gasteiger partial charge in [0.1, 0.15) is 7.93 Å². The second-order valence-electron chi connectivity index (χ2n) is 2.20. The van der Waals surface area contributed by atoms with E-state index in [2.05, 4.69) is 36.8 Å². The molecule has 0 aromatic rings. The summed E-state index contributed by atoms with van der Waals surface area (Å²) in [6, 6.07) is 0. The van der Waals surface area contributed by atoms with Crippen molar-refractivity contribution in [1.82, 2.24) is 4.67 Å². The van der Waals surface area contributed by atoms with Crippen LogP contribution in [0.4, 0.5) is 0 Å². The third-order valence-corrected chi connectivity index (χ3v) is 5.23. The zero-order chi connectivity index (χ0) is 7.82. The van der Waals surface area contributed by atoms with E-state index in [1.54, 1.807) is 0 Å². The molecule has 0 N–H and O–H groups in total. The fourth-order valence-corrected chi connectivity index (χ4v) is 4.05. The highest BCUT2D eigenvalue weighted by molar-refractivity contribution is 8.48. The minimum absolute atomic E-state index is 0.522. The number of hydrogen-bond acceptors (Lipinski definition) is 2. The second kappa shape index (κ2) is 7.84. The summed E-state index contributed by atoms with van der Waals surface area (Å²) in [6.45, 7) is 9.17. The van der Waals surface area contributed by atoms with E-state index in [4.69, 9.17) is 0 Å². The zero-order valence-corrected chi connectivity index (χ0v) is 9.23. The average Bonchev–Trinajstić information content (AvgIpc) is 1.99. The van der Waals surface area contributed by atoms with E-state index in [1.807, 2.05) is 0 Å². The molecule has 3 heteroatoms. The van der Waals surface area contributed by atoms with Crippen LogP contribution in [0, 0.1) is 0 Å². The summed E-state index contributed by atoms with van der Waals surface area (Å²) < 4.78 is 2.53. The second-order valence-corrected chi connectivity index (χ2v) is 5.51. The van der Waals surface area contributed by atoms with Crippen molar-refractivity contribution in [3.05, 3.63) is 0 Å². The lowest BCUT2D eigenvalue weighted by Gasteiger charge is -2.08.